The van der Waals surface area contributed by atoms with Crippen LogP contribution < -0.4 is 16.8 Å². The van der Waals surface area contributed by atoms with E-state index in [1.807, 2.05) is 13.8 Å². The van der Waals surface area contributed by atoms with E-state index >= 15 is 0 Å². The molecule has 84 valence electrons. The van der Waals surface area contributed by atoms with Crippen LogP contribution in [-0.4, -0.2) is 29.7 Å². The molecule has 6 heteroatoms. The van der Waals surface area contributed by atoms with Gasteiger partial charge in [-0.3, -0.25) is 0 Å². The van der Waals surface area contributed by atoms with E-state index in [4.69, 9.17) is 10.8 Å². The average Bonchev–Trinajstić information content (AvgIpc) is 2.15. The molecule has 6 nitrogen and oxygen atoms in total. The quantitative estimate of drug-likeness (QED) is 0.439. The van der Waals surface area contributed by atoms with Crippen LogP contribution in [0.25, 0.3) is 0 Å². The molecule has 0 rings (SSSR count). The van der Waals surface area contributed by atoms with E-state index < -0.39 is 18.0 Å². The highest BCUT2D eigenvalue weighted by Crippen LogP contribution is 1.90. The molecule has 0 radical (unpaired) electrons. The van der Waals surface area contributed by atoms with E-state index in [9.17, 15) is 9.59 Å². The number of nitrogens with one attached hydrogen (secondary N) is 1. The van der Waals surface area contributed by atoms with Crippen LogP contribution in [0.1, 0.15) is 26.7 Å². The van der Waals surface area contributed by atoms with Crippen LogP contribution >= 0.6 is 0 Å². The van der Waals surface area contributed by atoms with Crippen molar-refractivity contribution in [2.45, 2.75) is 32.7 Å². The van der Waals surface area contributed by atoms with Gasteiger partial charge in [0.2, 0.25) is 0 Å². The molecule has 1 atom stereocenters. The minimum Gasteiger partial charge on any atom is -0.477 e. The Morgan fingerprint density at radius 3 is 2.36 bits per heavy atom. The van der Waals surface area contributed by atoms with Gasteiger partial charge in [-0.15, -0.1) is 0 Å². The molecule has 0 aromatic carbocycles. The minimum atomic E-state index is -0.922. The lowest BCUT2D eigenvalue weighted by molar-refractivity contribution is -0.409. The summed E-state index contributed by atoms with van der Waals surface area (Å²) in [5.41, 5.74) is 8.20. The molecule has 7 N–H and O–H groups in total. The van der Waals surface area contributed by atoms with Crippen molar-refractivity contribution in [3.63, 3.8) is 0 Å². The second-order valence-electron chi connectivity index (χ2n) is 2.47. The molecule has 1 unspecified atom stereocenters. The third-order valence-electron chi connectivity index (χ3n) is 1.38. The largest absolute Gasteiger partial charge is 0.477 e. The first-order valence-corrected chi connectivity index (χ1v) is 4.63. The number of rotatable bonds is 5. The van der Waals surface area contributed by atoms with Gasteiger partial charge in [-0.05, 0) is 6.42 Å². The lowest BCUT2D eigenvalue weighted by Crippen LogP contribution is -2.64. The standard InChI is InChI=1S/C6H13N3O3.C2H6/c7-4(5(10)11)2-1-3-9-6(8)12;1-2/h4H,1-3,7H2,(H,10,11)(H3,8,9,12);1-2H3/p+1. The van der Waals surface area contributed by atoms with Gasteiger partial charge >= 0.3 is 12.0 Å². The number of urea groups is 1. The number of quaternary nitrogens is 1. The van der Waals surface area contributed by atoms with Crippen molar-refractivity contribution >= 4 is 12.0 Å². The van der Waals surface area contributed by atoms with Crippen LogP contribution in [0.2, 0.25) is 0 Å². The summed E-state index contributed by atoms with van der Waals surface area (Å²) < 4.78 is 0. The van der Waals surface area contributed by atoms with Crippen molar-refractivity contribution in [2.24, 2.45) is 5.73 Å². The number of primary amides is 1. The molecule has 0 aliphatic heterocycles. The highest BCUT2D eigenvalue weighted by Gasteiger charge is 2.13. The number of hydrogen-bond donors (Lipinski definition) is 4. The molecule has 0 aromatic heterocycles. The fourth-order valence-electron chi connectivity index (χ4n) is 0.684. The molecule has 14 heavy (non-hydrogen) atoms. The van der Waals surface area contributed by atoms with Gasteiger partial charge in [0.25, 0.3) is 0 Å². The maximum Gasteiger partial charge on any atom is 0.362 e. The van der Waals surface area contributed by atoms with Crippen LogP contribution in [0, 0.1) is 0 Å². The number of carbonyl (C=O) groups is 2. The van der Waals surface area contributed by atoms with E-state index in [0.717, 1.165) is 0 Å². The van der Waals surface area contributed by atoms with E-state index in [0.29, 0.717) is 19.4 Å². The second-order valence-corrected chi connectivity index (χ2v) is 2.47. The van der Waals surface area contributed by atoms with Gasteiger partial charge in [0.1, 0.15) is 0 Å². The summed E-state index contributed by atoms with van der Waals surface area (Å²) in [7, 11) is 0. The van der Waals surface area contributed by atoms with Crippen molar-refractivity contribution in [2.75, 3.05) is 6.54 Å². The highest BCUT2D eigenvalue weighted by atomic mass is 16.4. The Morgan fingerprint density at radius 2 is 2.00 bits per heavy atom. The number of amides is 2. The van der Waals surface area contributed by atoms with Crippen molar-refractivity contribution in [3.05, 3.63) is 0 Å². The van der Waals surface area contributed by atoms with E-state index in [2.05, 4.69) is 11.1 Å². The summed E-state index contributed by atoms with van der Waals surface area (Å²) in [6.07, 6.45) is 1.01. The lowest BCUT2D eigenvalue weighted by Gasteiger charge is -2.02. The summed E-state index contributed by atoms with van der Waals surface area (Å²) in [6, 6.07) is -1.20. The monoisotopic (exact) mass is 206 g/mol. The molecule has 0 aliphatic rings. The fourth-order valence-corrected chi connectivity index (χ4v) is 0.684. The number of carboxylic acids is 1. The van der Waals surface area contributed by atoms with Crippen molar-refractivity contribution in [3.8, 4) is 0 Å². The number of carbonyl (C=O) groups excluding carboxylic acids is 1. The molecule has 0 saturated carbocycles. The van der Waals surface area contributed by atoms with Gasteiger partial charge in [0, 0.05) is 13.0 Å². The predicted octanol–water partition coefficient (Wildman–Crippen LogP) is -0.844. The first-order valence-electron chi connectivity index (χ1n) is 4.63. The zero-order chi connectivity index (χ0) is 11.6. The molecule has 0 saturated heterocycles. The lowest BCUT2D eigenvalue weighted by atomic mass is 10.2. The zero-order valence-corrected chi connectivity index (χ0v) is 8.75. The van der Waals surface area contributed by atoms with E-state index in [1.54, 1.807) is 0 Å². The topological polar surface area (TPSA) is 120 Å². The highest BCUT2D eigenvalue weighted by molar-refractivity contribution is 5.72. The smallest absolute Gasteiger partial charge is 0.362 e. The Hall–Kier alpha value is -1.30. The molecular weight excluding hydrogens is 186 g/mol. The number of aliphatic carboxylic acids is 1. The normalized spacial score (nSPS) is 10.8. The SMILES string of the molecule is CC.NC(=O)NCCCC([NH3+])C(=O)O. The van der Waals surface area contributed by atoms with Gasteiger partial charge in [0.05, 0.1) is 0 Å². The van der Waals surface area contributed by atoms with Crippen LogP contribution in [0.4, 0.5) is 4.79 Å². The minimum absolute atomic E-state index is 0.397. The molecule has 0 bridgehead atoms. The maximum absolute atomic E-state index is 10.3. The summed E-state index contributed by atoms with van der Waals surface area (Å²) >= 11 is 0. The number of carboxylic acid groups (broad SMARTS) is 1. The Labute approximate surface area is 83.6 Å². The molecule has 0 heterocycles. The predicted molar refractivity (Wildman–Crippen MR) is 52.5 cm³/mol. The van der Waals surface area contributed by atoms with Gasteiger partial charge < -0.3 is 21.9 Å². The van der Waals surface area contributed by atoms with Gasteiger partial charge in [-0.25, -0.2) is 9.59 Å². The van der Waals surface area contributed by atoms with E-state index in [1.165, 1.54) is 0 Å². The third-order valence-corrected chi connectivity index (χ3v) is 1.38. The van der Waals surface area contributed by atoms with Crippen molar-refractivity contribution < 1.29 is 20.4 Å². The van der Waals surface area contributed by atoms with Crippen molar-refractivity contribution in [1.29, 1.82) is 0 Å². The second kappa shape index (κ2) is 9.79. The van der Waals surface area contributed by atoms with Crippen LogP contribution in [0.15, 0.2) is 0 Å². The van der Waals surface area contributed by atoms with Gasteiger partial charge in [-0.1, -0.05) is 13.8 Å². The fraction of sp³-hybridized carbons (Fsp3) is 0.750. The Morgan fingerprint density at radius 1 is 1.50 bits per heavy atom. The first-order chi connectivity index (χ1) is 6.54. The first kappa shape index (κ1) is 15.2. The molecule has 0 fully saturated rings. The summed E-state index contributed by atoms with van der Waals surface area (Å²) in [4.78, 5) is 20.4. The zero-order valence-electron chi connectivity index (χ0n) is 8.75. The number of hydrogen-bond acceptors (Lipinski definition) is 2. The molecule has 2 amide bonds. The molecule has 0 spiro atoms. The van der Waals surface area contributed by atoms with Gasteiger partial charge in [0.15, 0.2) is 6.04 Å². The molecular formula is C8H20N3O3+. The summed E-state index contributed by atoms with van der Waals surface area (Å²) in [5.74, 6) is -0.922. The maximum atomic E-state index is 10.3. The Kier molecular flexibility index (Phi) is 10.6. The van der Waals surface area contributed by atoms with Crippen molar-refractivity contribution in [1.82, 2.24) is 5.32 Å². The summed E-state index contributed by atoms with van der Waals surface area (Å²) in [6.45, 7) is 4.40. The average molecular weight is 206 g/mol. The summed E-state index contributed by atoms with van der Waals surface area (Å²) in [5, 5.41) is 10.8. The van der Waals surface area contributed by atoms with Crippen LogP contribution in [0.5, 0.6) is 0 Å². The Bertz CT molecular complexity index is 173. The Balaban J connectivity index is 0. The number of nitrogens with two attached hydrogens (primary N) is 1. The van der Waals surface area contributed by atoms with Crippen LogP contribution in [0.3, 0.4) is 0 Å². The molecule has 0 aliphatic carbocycles. The van der Waals surface area contributed by atoms with Gasteiger partial charge in [-0.2, -0.15) is 0 Å². The molecule has 0 aromatic rings. The van der Waals surface area contributed by atoms with E-state index in [-0.39, 0.29) is 0 Å². The third kappa shape index (κ3) is 10.7. The van der Waals surface area contributed by atoms with Crippen LogP contribution in [-0.2, 0) is 4.79 Å².